The monoisotopic (exact) mass is 168 g/mol. The molecule has 0 aromatic heterocycles. The Kier molecular flexibility index (Phi) is 2.72. The van der Waals surface area contributed by atoms with E-state index in [9.17, 15) is 13.2 Å². The molecule has 0 radical (unpaired) electrons. The third-order valence-corrected chi connectivity index (χ3v) is 1.14. The van der Waals surface area contributed by atoms with Crippen molar-refractivity contribution in [1.82, 2.24) is 0 Å². The van der Waals surface area contributed by atoms with Crippen molar-refractivity contribution in [2.75, 3.05) is 0 Å². The highest BCUT2D eigenvalue weighted by Crippen LogP contribution is 2.31. The van der Waals surface area contributed by atoms with E-state index >= 15 is 0 Å². The topological polar surface area (TPSA) is 20.2 Å². The lowest BCUT2D eigenvalue weighted by molar-refractivity contribution is -0.232. The van der Waals surface area contributed by atoms with Gasteiger partial charge in [-0.1, -0.05) is 5.57 Å². The molecule has 0 rings (SSSR count). The molecule has 0 aliphatic heterocycles. The quantitative estimate of drug-likeness (QED) is 0.595. The van der Waals surface area contributed by atoms with E-state index in [4.69, 9.17) is 5.11 Å². The van der Waals surface area contributed by atoms with Gasteiger partial charge < -0.3 is 5.11 Å². The second-order valence-electron chi connectivity index (χ2n) is 2.87. The van der Waals surface area contributed by atoms with Crippen molar-refractivity contribution in [1.29, 1.82) is 0 Å². The average molecular weight is 168 g/mol. The fraction of sp³-hybridized carbons (Fsp3) is 0.714. The van der Waals surface area contributed by atoms with Crippen LogP contribution in [0.1, 0.15) is 20.8 Å². The zero-order valence-corrected chi connectivity index (χ0v) is 6.66. The molecule has 0 amide bonds. The van der Waals surface area contributed by atoms with Crippen molar-refractivity contribution in [3.05, 3.63) is 11.6 Å². The lowest BCUT2D eigenvalue weighted by Crippen LogP contribution is -2.40. The van der Waals surface area contributed by atoms with Crippen molar-refractivity contribution in [3.8, 4) is 0 Å². The van der Waals surface area contributed by atoms with Crippen LogP contribution in [0.2, 0.25) is 0 Å². The Balaban J connectivity index is 4.61. The third-order valence-electron chi connectivity index (χ3n) is 1.14. The van der Waals surface area contributed by atoms with Gasteiger partial charge in [0, 0.05) is 0 Å². The summed E-state index contributed by atoms with van der Waals surface area (Å²) >= 11 is 0. The van der Waals surface area contributed by atoms with E-state index in [0.29, 0.717) is 5.57 Å². The minimum Gasteiger partial charge on any atom is -0.377 e. The number of allylic oxidation sites excluding steroid dienone is 1. The molecular formula is C7H11F3O. The van der Waals surface area contributed by atoms with E-state index in [1.165, 1.54) is 13.8 Å². The second-order valence-corrected chi connectivity index (χ2v) is 2.87. The summed E-state index contributed by atoms with van der Waals surface area (Å²) in [4.78, 5) is 0. The molecule has 1 N–H and O–H groups in total. The third kappa shape index (κ3) is 2.93. The largest absolute Gasteiger partial charge is 0.420 e. The fourth-order valence-electron chi connectivity index (χ4n) is 0.644. The van der Waals surface area contributed by atoms with Gasteiger partial charge in [0.25, 0.3) is 0 Å². The summed E-state index contributed by atoms with van der Waals surface area (Å²) in [5, 5.41) is 8.82. The molecule has 11 heavy (non-hydrogen) atoms. The van der Waals surface area contributed by atoms with Crippen LogP contribution < -0.4 is 0 Å². The maximum atomic E-state index is 11.9. The molecule has 0 saturated carbocycles. The SMILES string of the molecule is CC(C)=CC(C)(O)C(F)(F)F. The normalized spacial score (nSPS) is 17.4. The van der Waals surface area contributed by atoms with E-state index in [2.05, 4.69) is 0 Å². The van der Waals surface area contributed by atoms with Gasteiger partial charge in [-0.3, -0.25) is 0 Å². The van der Waals surface area contributed by atoms with Crippen molar-refractivity contribution < 1.29 is 18.3 Å². The van der Waals surface area contributed by atoms with Gasteiger partial charge in [-0.2, -0.15) is 13.2 Å². The predicted molar refractivity (Wildman–Crippen MR) is 36.1 cm³/mol. The molecule has 0 aliphatic carbocycles. The number of halogens is 3. The zero-order valence-electron chi connectivity index (χ0n) is 6.66. The first-order valence-corrected chi connectivity index (χ1v) is 3.12. The van der Waals surface area contributed by atoms with Crippen LogP contribution >= 0.6 is 0 Å². The Hall–Kier alpha value is -0.510. The van der Waals surface area contributed by atoms with Crippen molar-refractivity contribution in [2.45, 2.75) is 32.5 Å². The summed E-state index contributed by atoms with van der Waals surface area (Å²) < 4.78 is 35.7. The minimum absolute atomic E-state index is 0.437. The summed E-state index contributed by atoms with van der Waals surface area (Å²) in [6, 6.07) is 0. The van der Waals surface area contributed by atoms with Gasteiger partial charge in [-0.25, -0.2) is 0 Å². The zero-order chi connectivity index (χ0) is 9.28. The molecule has 0 aromatic rings. The molecule has 0 spiro atoms. The lowest BCUT2D eigenvalue weighted by Gasteiger charge is -2.22. The van der Waals surface area contributed by atoms with Crippen LogP contribution in [0.5, 0.6) is 0 Å². The van der Waals surface area contributed by atoms with Gasteiger partial charge in [0.2, 0.25) is 0 Å². The van der Waals surface area contributed by atoms with Crippen LogP contribution in [0.4, 0.5) is 13.2 Å². The summed E-state index contributed by atoms with van der Waals surface area (Å²) in [7, 11) is 0. The Morgan fingerprint density at radius 1 is 1.27 bits per heavy atom. The van der Waals surface area contributed by atoms with E-state index in [-0.39, 0.29) is 0 Å². The first kappa shape index (κ1) is 10.5. The number of aliphatic hydroxyl groups is 1. The summed E-state index contributed by atoms with van der Waals surface area (Å²) in [5.41, 5.74) is -2.27. The molecule has 0 aromatic carbocycles. The standard InChI is InChI=1S/C7H11F3O/c1-5(2)4-6(3,11)7(8,9)10/h4,11H,1-3H3. The maximum absolute atomic E-state index is 11.9. The van der Waals surface area contributed by atoms with Gasteiger partial charge in [0.1, 0.15) is 0 Å². The molecule has 1 nitrogen and oxygen atoms in total. The predicted octanol–water partition coefficient (Wildman–Crippen LogP) is 2.27. The summed E-state index contributed by atoms with van der Waals surface area (Å²) in [6.07, 6.45) is -3.81. The highest BCUT2D eigenvalue weighted by Gasteiger charge is 2.47. The minimum atomic E-state index is -4.59. The van der Waals surface area contributed by atoms with Gasteiger partial charge >= 0.3 is 6.18 Å². The molecule has 0 saturated heterocycles. The lowest BCUT2D eigenvalue weighted by atomic mass is 10.0. The van der Waals surface area contributed by atoms with Crippen LogP contribution in [0.15, 0.2) is 11.6 Å². The molecule has 4 heteroatoms. The number of hydrogen-bond donors (Lipinski definition) is 1. The summed E-state index contributed by atoms with van der Waals surface area (Å²) in [6.45, 7) is 3.72. The van der Waals surface area contributed by atoms with Gasteiger partial charge in [0.15, 0.2) is 5.60 Å². The van der Waals surface area contributed by atoms with Gasteiger partial charge in [-0.15, -0.1) is 0 Å². The Bertz CT molecular complexity index is 163. The highest BCUT2D eigenvalue weighted by molar-refractivity contribution is 5.08. The molecular weight excluding hydrogens is 157 g/mol. The molecule has 1 atom stereocenters. The molecule has 0 bridgehead atoms. The highest BCUT2D eigenvalue weighted by atomic mass is 19.4. The Labute approximate surface area is 63.5 Å². The van der Waals surface area contributed by atoms with Crippen LogP contribution in [-0.2, 0) is 0 Å². The first-order chi connectivity index (χ1) is 4.67. The van der Waals surface area contributed by atoms with E-state index in [1.54, 1.807) is 0 Å². The van der Waals surface area contributed by atoms with Gasteiger partial charge in [-0.05, 0) is 26.8 Å². The Morgan fingerprint density at radius 2 is 1.64 bits per heavy atom. The fourth-order valence-corrected chi connectivity index (χ4v) is 0.644. The molecule has 0 heterocycles. The molecule has 0 fully saturated rings. The smallest absolute Gasteiger partial charge is 0.377 e. The van der Waals surface area contributed by atoms with E-state index < -0.39 is 11.8 Å². The van der Waals surface area contributed by atoms with Crippen molar-refractivity contribution in [2.24, 2.45) is 0 Å². The Morgan fingerprint density at radius 3 is 1.73 bits per heavy atom. The molecule has 0 aliphatic rings. The van der Waals surface area contributed by atoms with Crippen LogP contribution in [0, 0.1) is 0 Å². The number of alkyl halides is 3. The van der Waals surface area contributed by atoms with E-state index in [1.807, 2.05) is 0 Å². The number of hydrogen-bond acceptors (Lipinski definition) is 1. The van der Waals surface area contributed by atoms with Crippen LogP contribution in [0.25, 0.3) is 0 Å². The van der Waals surface area contributed by atoms with Crippen LogP contribution in [-0.4, -0.2) is 16.9 Å². The maximum Gasteiger partial charge on any atom is 0.420 e. The number of rotatable bonds is 1. The van der Waals surface area contributed by atoms with Gasteiger partial charge in [0.05, 0.1) is 0 Å². The molecule has 66 valence electrons. The van der Waals surface area contributed by atoms with Crippen molar-refractivity contribution >= 4 is 0 Å². The van der Waals surface area contributed by atoms with Crippen molar-refractivity contribution in [3.63, 3.8) is 0 Å². The summed E-state index contributed by atoms with van der Waals surface area (Å²) in [5.74, 6) is 0. The molecule has 1 unspecified atom stereocenters. The van der Waals surface area contributed by atoms with Crippen LogP contribution in [0.3, 0.4) is 0 Å². The van der Waals surface area contributed by atoms with E-state index in [0.717, 1.165) is 13.0 Å². The first-order valence-electron chi connectivity index (χ1n) is 3.12. The second kappa shape index (κ2) is 2.85. The average Bonchev–Trinajstić information content (AvgIpc) is 1.56.